The lowest BCUT2D eigenvalue weighted by Gasteiger charge is -2.23. The van der Waals surface area contributed by atoms with Crippen molar-refractivity contribution in [3.8, 4) is 0 Å². The van der Waals surface area contributed by atoms with Crippen LogP contribution in [0.1, 0.15) is 31.2 Å². The summed E-state index contributed by atoms with van der Waals surface area (Å²) in [4.78, 5) is 24.7. The van der Waals surface area contributed by atoms with Gasteiger partial charge in [-0.05, 0) is 37.2 Å². The average molecular weight is 323 g/mol. The first-order valence-electron chi connectivity index (χ1n) is 7.91. The predicted octanol–water partition coefficient (Wildman–Crippen LogP) is 2.81. The molecule has 0 aromatic heterocycles. The minimum Gasteiger partial charge on any atom is -0.481 e. The molecule has 1 aromatic rings. The molecule has 23 heavy (non-hydrogen) atoms. The molecule has 1 amide bonds. The number of amides is 1. The molecule has 2 atom stereocenters. The fraction of sp³-hybridized carbons (Fsp3) is 0.529. The van der Waals surface area contributed by atoms with E-state index in [4.69, 9.17) is 5.11 Å². The highest BCUT2D eigenvalue weighted by atomic mass is 19.2. The summed E-state index contributed by atoms with van der Waals surface area (Å²) in [5.41, 5.74) is 0.0763. The van der Waals surface area contributed by atoms with E-state index < -0.39 is 17.6 Å². The van der Waals surface area contributed by atoms with Gasteiger partial charge in [-0.3, -0.25) is 9.59 Å². The molecule has 0 bridgehead atoms. The topological polar surface area (TPSA) is 57.6 Å². The molecular formula is C17H19F2NO3. The summed E-state index contributed by atoms with van der Waals surface area (Å²) in [5, 5.41) is 8.84. The molecule has 3 rings (SSSR count). The quantitative estimate of drug-likeness (QED) is 0.839. The Bertz CT molecular complexity index is 630. The summed E-state index contributed by atoms with van der Waals surface area (Å²) in [6.07, 6.45) is 2.94. The van der Waals surface area contributed by atoms with Crippen LogP contribution < -0.4 is 0 Å². The number of benzene rings is 1. The van der Waals surface area contributed by atoms with Crippen LogP contribution in [0.5, 0.6) is 0 Å². The van der Waals surface area contributed by atoms with Crippen molar-refractivity contribution in [2.75, 3.05) is 6.54 Å². The Morgan fingerprint density at radius 2 is 2.00 bits per heavy atom. The van der Waals surface area contributed by atoms with Crippen LogP contribution in [-0.4, -0.2) is 28.4 Å². The van der Waals surface area contributed by atoms with Crippen LogP contribution in [-0.2, 0) is 16.1 Å². The third-order valence-electron chi connectivity index (χ3n) is 4.68. The molecule has 0 unspecified atom stereocenters. The number of carbonyl (C=O) groups is 2. The molecule has 1 N–H and O–H groups in total. The van der Waals surface area contributed by atoms with Crippen molar-refractivity contribution in [1.82, 2.24) is 4.90 Å². The number of carboxylic acid groups (broad SMARTS) is 1. The zero-order chi connectivity index (χ0) is 16.6. The van der Waals surface area contributed by atoms with Gasteiger partial charge in [-0.1, -0.05) is 12.1 Å². The van der Waals surface area contributed by atoms with Gasteiger partial charge in [0.25, 0.3) is 0 Å². The Balaban J connectivity index is 1.71. The standard InChI is InChI=1S/C17H19F2NO3/c18-14-3-1-2-11(16(14)19)9-20(7-6-15(21)22)17(23)13-8-12(13)10-4-5-10/h1-3,10,12-13H,4-9H2,(H,21,22)/t12-,13+/m0/s1. The molecule has 4 nitrogen and oxygen atoms in total. The Morgan fingerprint density at radius 1 is 1.26 bits per heavy atom. The van der Waals surface area contributed by atoms with E-state index in [-0.39, 0.29) is 36.9 Å². The summed E-state index contributed by atoms with van der Waals surface area (Å²) in [7, 11) is 0. The Kier molecular flexibility index (Phi) is 4.33. The summed E-state index contributed by atoms with van der Waals surface area (Å²) in [5.74, 6) is -2.15. The van der Waals surface area contributed by atoms with E-state index in [1.165, 1.54) is 17.0 Å². The second kappa shape index (κ2) is 6.26. The van der Waals surface area contributed by atoms with Crippen LogP contribution in [0.4, 0.5) is 8.78 Å². The smallest absolute Gasteiger partial charge is 0.305 e. The van der Waals surface area contributed by atoms with Crippen molar-refractivity contribution in [2.45, 2.75) is 32.2 Å². The van der Waals surface area contributed by atoms with Crippen molar-refractivity contribution in [2.24, 2.45) is 17.8 Å². The van der Waals surface area contributed by atoms with E-state index in [0.717, 1.165) is 25.3 Å². The fourth-order valence-electron chi connectivity index (χ4n) is 3.15. The maximum atomic E-state index is 13.8. The summed E-state index contributed by atoms with van der Waals surface area (Å²) in [6.45, 7) is -0.0817. The first kappa shape index (κ1) is 15.9. The van der Waals surface area contributed by atoms with E-state index in [1.807, 2.05) is 0 Å². The van der Waals surface area contributed by atoms with Gasteiger partial charge in [-0.25, -0.2) is 8.78 Å². The average Bonchev–Trinajstić information content (AvgIpc) is 3.37. The number of carboxylic acids is 1. The summed E-state index contributed by atoms with van der Waals surface area (Å²) in [6, 6.07) is 3.83. The Morgan fingerprint density at radius 3 is 2.65 bits per heavy atom. The maximum absolute atomic E-state index is 13.8. The van der Waals surface area contributed by atoms with Gasteiger partial charge >= 0.3 is 5.97 Å². The van der Waals surface area contributed by atoms with E-state index in [2.05, 4.69) is 0 Å². The minimum absolute atomic E-state index is 0.0119. The molecular weight excluding hydrogens is 304 g/mol. The summed E-state index contributed by atoms with van der Waals surface area (Å²) >= 11 is 0. The lowest BCUT2D eigenvalue weighted by Crippen LogP contribution is -2.34. The highest BCUT2D eigenvalue weighted by molar-refractivity contribution is 5.82. The van der Waals surface area contributed by atoms with Crippen LogP contribution in [0.3, 0.4) is 0 Å². The first-order chi connectivity index (χ1) is 11.0. The Labute approximate surface area is 133 Å². The number of nitrogens with zero attached hydrogens (tertiary/aromatic N) is 1. The molecule has 2 saturated carbocycles. The number of halogens is 2. The third-order valence-corrected chi connectivity index (χ3v) is 4.68. The van der Waals surface area contributed by atoms with Gasteiger partial charge in [0.2, 0.25) is 5.91 Å². The van der Waals surface area contributed by atoms with Crippen molar-refractivity contribution in [3.05, 3.63) is 35.4 Å². The van der Waals surface area contributed by atoms with E-state index in [9.17, 15) is 18.4 Å². The van der Waals surface area contributed by atoms with Crippen molar-refractivity contribution in [3.63, 3.8) is 0 Å². The number of carbonyl (C=O) groups excluding carboxylic acids is 1. The first-order valence-corrected chi connectivity index (χ1v) is 7.91. The van der Waals surface area contributed by atoms with E-state index in [0.29, 0.717) is 11.8 Å². The van der Waals surface area contributed by atoms with Crippen LogP contribution >= 0.6 is 0 Å². The van der Waals surface area contributed by atoms with Crippen molar-refractivity contribution < 1.29 is 23.5 Å². The SMILES string of the molecule is O=C(O)CCN(Cc1cccc(F)c1F)C(=O)[C@@H]1C[C@H]1C1CC1. The highest BCUT2D eigenvalue weighted by Crippen LogP contribution is 2.55. The highest BCUT2D eigenvalue weighted by Gasteiger charge is 2.52. The molecule has 2 fully saturated rings. The van der Waals surface area contributed by atoms with E-state index >= 15 is 0 Å². The number of rotatable bonds is 7. The van der Waals surface area contributed by atoms with Crippen LogP contribution in [0.15, 0.2) is 18.2 Å². The second-order valence-corrected chi connectivity index (χ2v) is 6.46. The van der Waals surface area contributed by atoms with Gasteiger partial charge in [-0.15, -0.1) is 0 Å². The maximum Gasteiger partial charge on any atom is 0.305 e. The monoisotopic (exact) mass is 323 g/mol. The molecule has 2 aliphatic rings. The molecule has 2 aliphatic carbocycles. The van der Waals surface area contributed by atoms with Crippen LogP contribution in [0.2, 0.25) is 0 Å². The zero-order valence-corrected chi connectivity index (χ0v) is 12.7. The molecule has 0 heterocycles. The van der Waals surface area contributed by atoms with Crippen LogP contribution in [0.25, 0.3) is 0 Å². The fourth-order valence-corrected chi connectivity index (χ4v) is 3.15. The van der Waals surface area contributed by atoms with Gasteiger partial charge in [0.15, 0.2) is 11.6 Å². The zero-order valence-electron chi connectivity index (χ0n) is 12.7. The summed E-state index contributed by atoms with van der Waals surface area (Å²) < 4.78 is 27.1. The van der Waals surface area contributed by atoms with Crippen molar-refractivity contribution >= 4 is 11.9 Å². The molecule has 1 aromatic carbocycles. The minimum atomic E-state index is -1.02. The number of hydrogen-bond donors (Lipinski definition) is 1. The van der Waals surface area contributed by atoms with Gasteiger partial charge in [0, 0.05) is 24.6 Å². The van der Waals surface area contributed by atoms with Gasteiger partial charge in [-0.2, -0.15) is 0 Å². The normalized spacial score (nSPS) is 22.7. The number of aliphatic carboxylic acids is 1. The van der Waals surface area contributed by atoms with Crippen LogP contribution in [0, 0.1) is 29.4 Å². The third kappa shape index (κ3) is 3.68. The van der Waals surface area contributed by atoms with Gasteiger partial charge < -0.3 is 10.0 Å². The second-order valence-electron chi connectivity index (χ2n) is 6.46. The molecule has 0 saturated heterocycles. The molecule has 124 valence electrons. The van der Waals surface area contributed by atoms with Gasteiger partial charge in [0.1, 0.15) is 0 Å². The molecule has 0 spiro atoms. The Hall–Kier alpha value is -1.98. The van der Waals surface area contributed by atoms with Gasteiger partial charge in [0.05, 0.1) is 6.42 Å². The largest absolute Gasteiger partial charge is 0.481 e. The predicted molar refractivity (Wildman–Crippen MR) is 78.3 cm³/mol. The molecule has 6 heteroatoms. The lowest BCUT2D eigenvalue weighted by atomic mass is 10.1. The van der Waals surface area contributed by atoms with E-state index in [1.54, 1.807) is 0 Å². The lowest BCUT2D eigenvalue weighted by molar-refractivity contribution is -0.139. The molecule has 0 radical (unpaired) electrons. The van der Waals surface area contributed by atoms with Crippen molar-refractivity contribution in [1.29, 1.82) is 0 Å². The number of hydrogen-bond acceptors (Lipinski definition) is 2. The molecule has 0 aliphatic heterocycles.